The zero-order valence-corrected chi connectivity index (χ0v) is 18.0. The Kier molecular flexibility index (Phi) is 3.44. The van der Waals surface area contributed by atoms with Crippen molar-refractivity contribution in [1.82, 2.24) is 9.97 Å². The molecule has 32 heavy (non-hydrogen) atoms. The minimum Gasteiger partial charge on any atom is -0.252 e. The van der Waals surface area contributed by atoms with Gasteiger partial charge in [-0.15, -0.1) is 0 Å². The molecule has 0 radical (unpaired) electrons. The summed E-state index contributed by atoms with van der Waals surface area (Å²) in [6.07, 6.45) is 0. The number of hydrogen-bond acceptors (Lipinski definition) is 2. The van der Waals surface area contributed by atoms with E-state index in [2.05, 4.69) is 98.8 Å². The van der Waals surface area contributed by atoms with Crippen LogP contribution in [0.4, 0.5) is 0 Å². The van der Waals surface area contributed by atoms with Gasteiger partial charge in [0.25, 0.3) is 0 Å². The summed E-state index contributed by atoms with van der Waals surface area (Å²) in [5, 5.41) is 9.94. The molecule has 0 unspecified atom stereocenters. The number of pyridine rings is 2. The van der Waals surface area contributed by atoms with Crippen molar-refractivity contribution in [2.24, 2.45) is 0 Å². The first-order valence-electron chi connectivity index (χ1n) is 11.0. The zero-order chi connectivity index (χ0) is 21.4. The first-order valence-corrected chi connectivity index (χ1v) is 11.0. The van der Waals surface area contributed by atoms with Crippen molar-refractivity contribution < 1.29 is 0 Å². The molecule has 7 aromatic rings. The number of hydrogen-bond donors (Lipinski definition) is 0. The van der Waals surface area contributed by atoms with E-state index in [1.165, 1.54) is 54.2 Å². The summed E-state index contributed by atoms with van der Waals surface area (Å²) >= 11 is 0. The highest BCUT2D eigenvalue weighted by molar-refractivity contribution is 6.23. The third-order valence-electron chi connectivity index (χ3n) is 6.86. The van der Waals surface area contributed by atoms with Gasteiger partial charge < -0.3 is 0 Å². The SMILES string of the molecule is Cc1nc2cc(-c3cccc4c3ccc3ccccc34)cc3c(C)nc4cccc1c4c23. The highest BCUT2D eigenvalue weighted by Gasteiger charge is 2.16. The van der Waals surface area contributed by atoms with Crippen molar-refractivity contribution in [2.75, 3.05) is 0 Å². The normalized spacial score (nSPS) is 12.1. The van der Waals surface area contributed by atoms with E-state index in [0.29, 0.717) is 0 Å². The van der Waals surface area contributed by atoms with Crippen molar-refractivity contribution in [3.8, 4) is 11.1 Å². The average molecular weight is 409 g/mol. The number of benzene rings is 5. The molecule has 0 N–H and O–H groups in total. The van der Waals surface area contributed by atoms with Gasteiger partial charge in [-0.2, -0.15) is 0 Å². The van der Waals surface area contributed by atoms with E-state index in [1.807, 2.05) is 0 Å². The van der Waals surface area contributed by atoms with Gasteiger partial charge in [0.05, 0.1) is 11.0 Å². The summed E-state index contributed by atoms with van der Waals surface area (Å²) in [5.41, 5.74) is 6.62. The Balaban J connectivity index is 1.62. The van der Waals surface area contributed by atoms with Crippen LogP contribution >= 0.6 is 0 Å². The molecule has 150 valence electrons. The first kappa shape index (κ1) is 17.6. The molecule has 0 aliphatic rings. The first-order chi connectivity index (χ1) is 15.7. The summed E-state index contributed by atoms with van der Waals surface area (Å²) in [6.45, 7) is 4.21. The van der Waals surface area contributed by atoms with Gasteiger partial charge in [0.15, 0.2) is 0 Å². The molecule has 2 nitrogen and oxygen atoms in total. The summed E-state index contributed by atoms with van der Waals surface area (Å²) in [4.78, 5) is 9.99. The Morgan fingerprint density at radius 3 is 2.16 bits per heavy atom. The Hall–Kier alpha value is -4.04. The maximum atomic E-state index is 5.04. The van der Waals surface area contributed by atoms with Gasteiger partial charge in [-0.1, -0.05) is 66.7 Å². The average Bonchev–Trinajstić information content (AvgIpc) is 2.83. The summed E-state index contributed by atoms with van der Waals surface area (Å²) < 4.78 is 0. The molecule has 0 aliphatic carbocycles. The van der Waals surface area contributed by atoms with E-state index in [4.69, 9.17) is 9.97 Å². The lowest BCUT2D eigenvalue weighted by Gasteiger charge is -2.16. The minimum absolute atomic E-state index is 1.04. The van der Waals surface area contributed by atoms with Crippen molar-refractivity contribution in [3.05, 3.63) is 96.3 Å². The zero-order valence-electron chi connectivity index (χ0n) is 18.0. The van der Waals surface area contributed by atoms with Crippen molar-refractivity contribution in [2.45, 2.75) is 13.8 Å². The third-order valence-corrected chi connectivity index (χ3v) is 6.86. The smallest absolute Gasteiger partial charge is 0.0725 e. The van der Waals surface area contributed by atoms with Gasteiger partial charge in [0.1, 0.15) is 0 Å². The van der Waals surface area contributed by atoms with Crippen LogP contribution in [0.15, 0.2) is 84.9 Å². The maximum Gasteiger partial charge on any atom is 0.0725 e. The number of aryl methyl sites for hydroxylation is 2. The molecule has 2 heteroatoms. The molecule has 0 spiro atoms. The molecular weight excluding hydrogens is 388 g/mol. The lowest BCUT2D eigenvalue weighted by molar-refractivity contribution is 1.26. The number of aromatic nitrogens is 2. The second-order valence-electron chi connectivity index (χ2n) is 8.70. The molecule has 0 aliphatic heterocycles. The predicted molar refractivity (Wildman–Crippen MR) is 136 cm³/mol. The van der Waals surface area contributed by atoms with Crippen LogP contribution < -0.4 is 0 Å². The van der Waals surface area contributed by atoms with E-state index < -0.39 is 0 Å². The van der Waals surface area contributed by atoms with E-state index in [9.17, 15) is 0 Å². The van der Waals surface area contributed by atoms with E-state index in [-0.39, 0.29) is 0 Å². The number of fused-ring (bicyclic) bond motifs is 3. The molecule has 0 saturated heterocycles. The van der Waals surface area contributed by atoms with Crippen molar-refractivity contribution in [3.63, 3.8) is 0 Å². The quantitative estimate of drug-likeness (QED) is 0.257. The van der Waals surface area contributed by atoms with Crippen LogP contribution in [0.5, 0.6) is 0 Å². The molecule has 0 bridgehead atoms. The Bertz CT molecular complexity index is 1850. The molecular formula is C30H20N2. The van der Waals surface area contributed by atoms with Gasteiger partial charge in [-0.25, -0.2) is 0 Å². The van der Waals surface area contributed by atoms with E-state index in [0.717, 1.165) is 22.4 Å². The highest BCUT2D eigenvalue weighted by atomic mass is 14.7. The Morgan fingerprint density at radius 1 is 0.500 bits per heavy atom. The van der Waals surface area contributed by atoms with Gasteiger partial charge in [0, 0.05) is 32.9 Å². The molecule has 0 fully saturated rings. The van der Waals surface area contributed by atoms with Gasteiger partial charge in [-0.05, 0) is 64.7 Å². The fourth-order valence-corrected chi connectivity index (χ4v) is 5.39. The highest BCUT2D eigenvalue weighted by Crippen LogP contribution is 2.40. The third kappa shape index (κ3) is 2.29. The number of nitrogens with zero attached hydrogens (tertiary/aromatic N) is 2. The fourth-order valence-electron chi connectivity index (χ4n) is 5.39. The van der Waals surface area contributed by atoms with Crippen LogP contribution in [0.25, 0.3) is 65.3 Å². The van der Waals surface area contributed by atoms with E-state index in [1.54, 1.807) is 0 Å². The molecule has 5 aromatic carbocycles. The van der Waals surface area contributed by atoms with Gasteiger partial charge in [0.2, 0.25) is 0 Å². The minimum atomic E-state index is 1.04. The summed E-state index contributed by atoms with van der Waals surface area (Å²) in [6, 6.07) is 30.6. The van der Waals surface area contributed by atoms with Crippen LogP contribution in [0, 0.1) is 13.8 Å². The summed E-state index contributed by atoms with van der Waals surface area (Å²) in [7, 11) is 0. The van der Waals surface area contributed by atoms with Gasteiger partial charge >= 0.3 is 0 Å². The van der Waals surface area contributed by atoms with E-state index >= 15 is 0 Å². The largest absolute Gasteiger partial charge is 0.252 e. The molecule has 7 rings (SSSR count). The lowest BCUT2D eigenvalue weighted by Crippen LogP contribution is -1.96. The lowest BCUT2D eigenvalue weighted by atomic mass is 9.91. The molecule has 0 atom stereocenters. The second kappa shape index (κ2) is 6.24. The second-order valence-corrected chi connectivity index (χ2v) is 8.70. The monoisotopic (exact) mass is 408 g/mol. The summed E-state index contributed by atoms with van der Waals surface area (Å²) in [5.74, 6) is 0. The fraction of sp³-hybridized carbons (Fsp3) is 0.0667. The topological polar surface area (TPSA) is 25.8 Å². The molecule has 2 aromatic heterocycles. The predicted octanol–water partition coefficient (Wildman–Crippen LogP) is 7.96. The maximum absolute atomic E-state index is 5.04. The van der Waals surface area contributed by atoms with Gasteiger partial charge in [-0.3, -0.25) is 9.97 Å². The van der Waals surface area contributed by atoms with Crippen LogP contribution in [0.1, 0.15) is 11.4 Å². The van der Waals surface area contributed by atoms with Crippen LogP contribution in [0.2, 0.25) is 0 Å². The molecule has 2 heterocycles. The Morgan fingerprint density at radius 2 is 1.22 bits per heavy atom. The van der Waals surface area contributed by atoms with Crippen LogP contribution in [0.3, 0.4) is 0 Å². The Labute approximate surface area is 185 Å². The number of rotatable bonds is 1. The van der Waals surface area contributed by atoms with Crippen LogP contribution in [-0.2, 0) is 0 Å². The van der Waals surface area contributed by atoms with Crippen LogP contribution in [-0.4, -0.2) is 9.97 Å². The standard InChI is InChI=1S/C30H20N2/c1-17-21-9-6-12-27-29(21)30-26(18(2)31-27)15-20(16-28(30)32-17)23-10-5-11-24-22-8-4-3-7-19(22)13-14-25(23)24/h3-16H,1-2H3. The van der Waals surface area contributed by atoms with Crippen molar-refractivity contribution in [1.29, 1.82) is 0 Å². The molecule has 0 saturated carbocycles. The van der Waals surface area contributed by atoms with Crippen molar-refractivity contribution >= 4 is 54.1 Å². The molecule has 0 amide bonds.